The number of hydrogen-bond donors (Lipinski definition) is 1. The number of fused-ring (bicyclic) bond motifs is 1. The van der Waals surface area contributed by atoms with Crippen molar-refractivity contribution in [3.05, 3.63) is 48.0 Å². The van der Waals surface area contributed by atoms with E-state index in [0.717, 1.165) is 10.8 Å². The van der Waals surface area contributed by atoms with Gasteiger partial charge < -0.3 is 5.11 Å². The van der Waals surface area contributed by atoms with Crippen molar-refractivity contribution >= 4 is 22.3 Å². The van der Waals surface area contributed by atoms with Gasteiger partial charge in [-0.15, -0.1) is 0 Å². The fourth-order valence-corrected chi connectivity index (χ4v) is 1.84. The third kappa shape index (κ3) is 2.81. The zero-order valence-corrected chi connectivity index (χ0v) is 9.93. The van der Waals surface area contributed by atoms with Gasteiger partial charge in [0.15, 0.2) is 11.6 Å². The minimum Gasteiger partial charge on any atom is -0.389 e. The number of benzene rings is 2. The molecule has 0 radical (unpaired) electrons. The van der Waals surface area contributed by atoms with E-state index in [1.807, 2.05) is 36.4 Å². The van der Waals surface area contributed by atoms with Gasteiger partial charge in [-0.05, 0) is 16.8 Å². The topological polar surface area (TPSA) is 54.4 Å². The predicted octanol–water partition coefficient (Wildman–Crippen LogP) is 2.36. The van der Waals surface area contributed by atoms with Crippen LogP contribution in [0.2, 0.25) is 0 Å². The first-order chi connectivity index (χ1) is 8.70. The molecular weight excluding hydrogens is 228 g/mol. The first kappa shape index (κ1) is 12.5. The maximum Gasteiger partial charge on any atom is 0.163 e. The summed E-state index contributed by atoms with van der Waals surface area (Å²) in [6, 6.07) is 13.3. The highest BCUT2D eigenvalue weighted by Crippen LogP contribution is 2.17. The van der Waals surface area contributed by atoms with Crippen LogP contribution in [0.25, 0.3) is 10.8 Å². The molecule has 2 aromatic rings. The Kier molecular flexibility index (Phi) is 3.85. The van der Waals surface area contributed by atoms with E-state index in [0.29, 0.717) is 5.56 Å². The van der Waals surface area contributed by atoms with Gasteiger partial charge in [-0.2, -0.15) is 0 Å². The standard InChI is InChI=1S/C15H14O3/c16-10-14(17)7-8-15(18)13-6-5-11-3-1-2-4-12(11)9-13/h1-6,9,16H,7-8,10H2. The SMILES string of the molecule is O=C(CO)CCC(=O)c1ccc2ccccc2c1. The maximum atomic E-state index is 11.9. The molecular formula is C15H14O3. The molecule has 0 heterocycles. The van der Waals surface area contributed by atoms with Crippen molar-refractivity contribution in [2.45, 2.75) is 12.8 Å². The Hall–Kier alpha value is -2.00. The molecule has 0 aliphatic heterocycles. The van der Waals surface area contributed by atoms with Crippen LogP contribution in [0.1, 0.15) is 23.2 Å². The molecule has 3 nitrogen and oxygen atoms in total. The molecule has 1 N–H and O–H groups in total. The van der Waals surface area contributed by atoms with E-state index in [9.17, 15) is 9.59 Å². The van der Waals surface area contributed by atoms with E-state index in [1.165, 1.54) is 0 Å². The first-order valence-corrected chi connectivity index (χ1v) is 5.85. The van der Waals surface area contributed by atoms with E-state index in [-0.39, 0.29) is 24.4 Å². The fourth-order valence-electron chi connectivity index (χ4n) is 1.84. The van der Waals surface area contributed by atoms with E-state index < -0.39 is 6.61 Å². The Morgan fingerprint density at radius 1 is 0.944 bits per heavy atom. The number of ketones is 2. The number of Topliss-reactive ketones (excluding diaryl/α,β-unsaturated/α-hetero) is 2. The van der Waals surface area contributed by atoms with Crippen molar-refractivity contribution in [3.8, 4) is 0 Å². The van der Waals surface area contributed by atoms with Gasteiger partial charge in [-0.25, -0.2) is 0 Å². The molecule has 0 aliphatic rings. The third-order valence-corrected chi connectivity index (χ3v) is 2.88. The lowest BCUT2D eigenvalue weighted by atomic mass is 10.0. The number of rotatable bonds is 5. The number of carbonyl (C=O) groups excluding carboxylic acids is 2. The molecule has 0 spiro atoms. The van der Waals surface area contributed by atoms with Crippen LogP contribution < -0.4 is 0 Å². The highest BCUT2D eigenvalue weighted by atomic mass is 16.3. The minimum atomic E-state index is -0.495. The molecule has 0 aliphatic carbocycles. The molecule has 0 saturated heterocycles. The summed E-state index contributed by atoms with van der Waals surface area (Å²) in [7, 11) is 0. The summed E-state index contributed by atoms with van der Waals surface area (Å²) >= 11 is 0. The molecule has 0 saturated carbocycles. The number of aliphatic hydroxyl groups is 1. The summed E-state index contributed by atoms with van der Waals surface area (Å²) in [5, 5.41) is 10.7. The van der Waals surface area contributed by atoms with Crippen molar-refractivity contribution in [1.29, 1.82) is 0 Å². The van der Waals surface area contributed by atoms with Crippen molar-refractivity contribution in [3.63, 3.8) is 0 Å². The van der Waals surface area contributed by atoms with Crippen LogP contribution in [-0.2, 0) is 4.79 Å². The van der Waals surface area contributed by atoms with Crippen molar-refractivity contribution in [2.75, 3.05) is 6.61 Å². The van der Waals surface area contributed by atoms with Crippen LogP contribution >= 0.6 is 0 Å². The van der Waals surface area contributed by atoms with Crippen LogP contribution in [0.5, 0.6) is 0 Å². The third-order valence-electron chi connectivity index (χ3n) is 2.88. The van der Waals surface area contributed by atoms with E-state index >= 15 is 0 Å². The average Bonchev–Trinajstić information content (AvgIpc) is 2.43. The average molecular weight is 242 g/mol. The largest absolute Gasteiger partial charge is 0.389 e. The second-order valence-electron chi connectivity index (χ2n) is 4.18. The van der Waals surface area contributed by atoms with Crippen molar-refractivity contribution < 1.29 is 14.7 Å². The Labute approximate surface area is 105 Å². The monoisotopic (exact) mass is 242 g/mol. The zero-order valence-electron chi connectivity index (χ0n) is 9.93. The van der Waals surface area contributed by atoms with Gasteiger partial charge in [0, 0.05) is 18.4 Å². The quantitative estimate of drug-likeness (QED) is 0.819. The normalized spacial score (nSPS) is 10.5. The highest BCUT2D eigenvalue weighted by Gasteiger charge is 2.09. The first-order valence-electron chi connectivity index (χ1n) is 5.85. The van der Waals surface area contributed by atoms with Crippen LogP contribution in [0, 0.1) is 0 Å². The van der Waals surface area contributed by atoms with Crippen LogP contribution in [0.4, 0.5) is 0 Å². The van der Waals surface area contributed by atoms with Gasteiger partial charge in [0.1, 0.15) is 6.61 Å². The molecule has 0 aromatic heterocycles. The Morgan fingerprint density at radius 3 is 2.39 bits per heavy atom. The van der Waals surface area contributed by atoms with E-state index in [2.05, 4.69) is 0 Å². The summed E-state index contributed by atoms with van der Waals surface area (Å²) < 4.78 is 0. The van der Waals surface area contributed by atoms with Gasteiger partial charge in [0.2, 0.25) is 0 Å². The second kappa shape index (κ2) is 5.56. The molecule has 0 bridgehead atoms. The summed E-state index contributed by atoms with van der Waals surface area (Å²) in [5.41, 5.74) is 0.611. The molecule has 0 fully saturated rings. The number of carbonyl (C=O) groups is 2. The molecule has 2 rings (SSSR count). The van der Waals surface area contributed by atoms with E-state index in [1.54, 1.807) is 6.07 Å². The van der Waals surface area contributed by atoms with Crippen LogP contribution in [0.15, 0.2) is 42.5 Å². The fraction of sp³-hybridized carbons (Fsp3) is 0.200. The molecule has 2 aromatic carbocycles. The molecule has 0 atom stereocenters. The molecule has 0 unspecified atom stereocenters. The molecule has 3 heteroatoms. The van der Waals surface area contributed by atoms with Gasteiger partial charge in [-0.1, -0.05) is 36.4 Å². The smallest absolute Gasteiger partial charge is 0.163 e. The van der Waals surface area contributed by atoms with Crippen molar-refractivity contribution in [1.82, 2.24) is 0 Å². The van der Waals surface area contributed by atoms with Crippen molar-refractivity contribution in [2.24, 2.45) is 0 Å². The summed E-state index contributed by atoms with van der Waals surface area (Å²) in [4.78, 5) is 22.8. The highest BCUT2D eigenvalue weighted by molar-refractivity contribution is 6.01. The van der Waals surface area contributed by atoms with Gasteiger partial charge in [0.25, 0.3) is 0 Å². The summed E-state index contributed by atoms with van der Waals surface area (Å²) in [6.45, 7) is -0.495. The van der Waals surface area contributed by atoms with Gasteiger partial charge >= 0.3 is 0 Å². The Bertz CT molecular complexity index is 587. The summed E-state index contributed by atoms with van der Waals surface area (Å²) in [6.07, 6.45) is 0.250. The van der Waals surface area contributed by atoms with Gasteiger partial charge in [0.05, 0.1) is 0 Å². The predicted molar refractivity (Wildman–Crippen MR) is 69.6 cm³/mol. The number of hydrogen-bond acceptors (Lipinski definition) is 3. The molecule has 18 heavy (non-hydrogen) atoms. The van der Waals surface area contributed by atoms with Crippen LogP contribution in [0.3, 0.4) is 0 Å². The molecule has 92 valence electrons. The maximum absolute atomic E-state index is 11.9. The Balaban J connectivity index is 2.15. The van der Waals surface area contributed by atoms with Crippen LogP contribution in [-0.4, -0.2) is 23.3 Å². The van der Waals surface area contributed by atoms with Gasteiger partial charge in [-0.3, -0.25) is 9.59 Å². The number of aliphatic hydroxyl groups excluding tert-OH is 1. The minimum absolute atomic E-state index is 0.0671. The lowest BCUT2D eigenvalue weighted by molar-refractivity contribution is -0.121. The Morgan fingerprint density at radius 2 is 1.67 bits per heavy atom. The second-order valence-corrected chi connectivity index (χ2v) is 4.18. The lowest BCUT2D eigenvalue weighted by Crippen LogP contribution is -2.07. The lowest BCUT2D eigenvalue weighted by Gasteiger charge is -2.02. The van der Waals surface area contributed by atoms with E-state index in [4.69, 9.17) is 5.11 Å². The molecule has 0 amide bonds. The summed E-state index contributed by atoms with van der Waals surface area (Å²) in [5.74, 6) is -0.369. The zero-order chi connectivity index (χ0) is 13.0.